The van der Waals surface area contributed by atoms with Gasteiger partial charge in [0.1, 0.15) is 23.9 Å². The third-order valence-electron chi connectivity index (χ3n) is 2.99. The second-order valence-electron chi connectivity index (χ2n) is 4.42. The molecule has 2 aromatic carbocycles. The molecule has 0 aromatic heterocycles. The first-order valence-electron chi connectivity index (χ1n) is 6.41. The average Bonchev–Trinajstić information content (AvgIpc) is 2.48. The molecule has 0 saturated carbocycles. The fraction of sp³-hybridized carbons (Fsp3) is 0.176. The Kier molecular flexibility index (Phi) is 4.66. The highest BCUT2D eigenvalue weighted by molar-refractivity contribution is 5.40. The molecule has 0 spiro atoms. The maximum atomic E-state index is 9.84. The number of phenols is 1. The quantitative estimate of drug-likeness (QED) is 0.813. The fourth-order valence-corrected chi connectivity index (χ4v) is 1.85. The van der Waals surface area contributed by atoms with Crippen molar-refractivity contribution in [3.63, 3.8) is 0 Å². The molecular weight excluding hydrogens is 252 g/mol. The van der Waals surface area contributed by atoms with E-state index >= 15 is 0 Å². The summed E-state index contributed by atoms with van der Waals surface area (Å²) < 4.78 is 10.8. The topological polar surface area (TPSA) is 38.7 Å². The summed E-state index contributed by atoms with van der Waals surface area (Å²) in [7, 11) is 1.64. The second-order valence-corrected chi connectivity index (χ2v) is 4.42. The molecule has 0 aliphatic heterocycles. The summed E-state index contributed by atoms with van der Waals surface area (Å²) in [6.07, 6.45) is 2.40. The SMILES string of the molecule is C=CCc1ccc(OCc2ccc(OC)cc2)cc1O. The van der Waals surface area contributed by atoms with Gasteiger partial charge in [-0.15, -0.1) is 6.58 Å². The summed E-state index contributed by atoms with van der Waals surface area (Å²) in [5.74, 6) is 1.70. The lowest BCUT2D eigenvalue weighted by atomic mass is 10.1. The summed E-state index contributed by atoms with van der Waals surface area (Å²) >= 11 is 0. The Labute approximate surface area is 119 Å². The van der Waals surface area contributed by atoms with Crippen LogP contribution in [-0.2, 0) is 13.0 Å². The summed E-state index contributed by atoms with van der Waals surface area (Å²) in [5, 5.41) is 9.84. The van der Waals surface area contributed by atoms with Crippen LogP contribution >= 0.6 is 0 Å². The van der Waals surface area contributed by atoms with Crippen molar-refractivity contribution >= 4 is 0 Å². The van der Waals surface area contributed by atoms with Crippen LogP contribution in [0.4, 0.5) is 0 Å². The lowest BCUT2D eigenvalue weighted by Gasteiger charge is -2.09. The van der Waals surface area contributed by atoms with Crippen LogP contribution in [-0.4, -0.2) is 12.2 Å². The van der Waals surface area contributed by atoms with Gasteiger partial charge in [0.25, 0.3) is 0 Å². The standard InChI is InChI=1S/C17H18O3/c1-3-4-14-7-10-16(11-17(14)18)20-12-13-5-8-15(19-2)9-6-13/h3,5-11,18H,1,4,12H2,2H3. The predicted octanol–water partition coefficient (Wildman–Crippen LogP) is 3.71. The smallest absolute Gasteiger partial charge is 0.123 e. The molecule has 0 atom stereocenters. The van der Waals surface area contributed by atoms with E-state index in [0.29, 0.717) is 18.8 Å². The average molecular weight is 270 g/mol. The van der Waals surface area contributed by atoms with E-state index in [1.54, 1.807) is 19.3 Å². The molecule has 0 bridgehead atoms. The molecule has 0 fully saturated rings. The minimum absolute atomic E-state index is 0.233. The van der Waals surface area contributed by atoms with Crippen LogP contribution in [0.3, 0.4) is 0 Å². The zero-order valence-electron chi connectivity index (χ0n) is 11.5. The lowest BCUT2D eigenvalue weighted by Crippen LogP contribution is -1.96. The number of phenolic OH excluding ortho intramolecular Hbond substituents is 1. The molecule has 104 valence electrons. The van der Waals surface area contributed by atoms with E-state index in [1.165, 1.54) is 0 Å². The monoisotopic (exact) mass is 270 g/mol. The number of hydrogen-bond acceptors (Lipinski definition) is 3. The summed E-state index contributed by atoms with van der Waals surface area (Å²) in [4.78, 5) is 0. The number of ether oxygens (including phenoxy) is 2. The van der Waals surface area contributed by atoms with Gasteiger partial charge in [0.2, 0.25) is 0 Å². The second kappa shape index (κ2) is 6.66. The molecule has 0 unspecified atom stereocenters. The van der Waals surface area contributed by atoms with Gasteiger partial charge in [0.15, 0.2) is 0 Å². The van der Waals surface area contributed by atoms with Gasteiger partial charge in [-0.05, 0) is 35.7 Å². The minimum atomic E-state index is 0.233. The Hall–Kier alpha value is -2.42. The van der Waals surface area contributed by atoms with Gasteiger partial charge >= 0.3 is 0 Å². The zero-order chi connectivity index (χ0) is 14.4. The van der Waals surface area contributed by atoms with Crippen LogP contribution in [0.2, 0.25) is 0 Å². The van der Waals surface area contributed by atoms with Gasteiger partial charge in [0.05, 0.1) is 7.11 Å². The minimum Gasteiger partial charge on any atom is -0.508 e. The Morgan fingerprint density at radius 2 is 1.80 bits per heavy atom. The molecule has 3 nitrogen and oxygen atoms in total. The largest absolute Gasteiger partial charge is 0.508 e. The Balaban J connectivity index is 1.99. The highest BCUT2D eigenvalue weighted by Gasteiger charge is 2.03. The van der Waals surface area contributed by atoms with Crippen molar-refractivity contribution in [1.82, 2.24) is 0 Å². The third kappa shape index (κ3) is 3.54. The van der Waals surface area contributed by atoms with Gasteiger partial charge < -0.3 is 14.6 Å². The Morgan fingerprint density at radius 1 is 1.10 bits per heavy atom. The van der Waals surface area contributed by atoms with Crippen molar-refractivity contribution in [2.24, 2.45) is 0 Å². The van der Waals surface area contributed by atoms with Gasteiger partial charge in [-0.1, -0.05) is 24.3 Å². The first kappa shape index (κ1) is 14.0. The van der Waals surface area contributed by atoms with Crippen LogP contribution < -0.4 is 9.47 Å². The zero-order valence-corrected chi connectivity index (χ0v) is 11.5. The summed E-state index contributed by atoms with van der Waals surface area (Å²) in [5.41, 5.74) is 1.89. The molecule has 2 rings (SSSR count). The van der Waals surface area contributed by atoms with Crippen molar-refractivity contribution in [3.8, 4) is 17.2 Å². The maximum absolute atomic E-state index is 9.84. The predicted molar refractivity (Wildman–Crippen MR) is 79.3 cm³/mol. The molecule has 0 aliphatic carbocycles. The Bertz CT molecular complexity index is 573. The van der Waals surface area contributed by atoms with Gasteiger partial charge in [0, 0.05) is 6.07 Å². The van der Waals surface area contributed by atoms with E-state index in [-0.39, 0.29) is 5.75 Å². The van der Waals surface area contributed by atoms with Crippen molar-refractivity contribution in [3.05, 3.63) is 66.2 Å². The normalized spacial score (nSPS) is 10.1. The summed E-state index contributed by atoms with van der Waals surface area (Å²) in [6, 6.07) is 13.0. The molecule has 2 aromatic rings. The molecule has 0 amide bonds. The van der Waals surface area contributed by atoms with Gasteiger partial charge in [-0.25, -0.2) is 0 Å². The number of benzene rings is 2. The van der Waals surface area contributed by atoms with E-state index < -0.39 is 0 Å². The van der Waals surface area contributed by atoms with Gasteiger partial charge in [-0.3, -0.25) is 0 Å². The number of aromatic hydroxyl groups is 1. The van der Waals surface area contributed by atoms with Crippen LogP contribution in [0.25, 0.3) is 0 Å². The molecular formula is C17H18O3. The van der Waals surface area contributed by atoms with Crippen molar-refractivity contribution in [1.29, 1.82) is 0 Å². The number of rotatable bonds is 6. The van der Waals surface area contributed by atoms with E-state index in [9.17, 15) is 5.11 Å². The van der Waals surface area contributed by atoms with E-state index in [0.717, 1.165) is 16.9 Å². The fourth-order valence-electron chi connectivity index (χ4n) is 1.85. The molecule has 1 N–H and O–H groups in total. The number of hydrogen-bond donors (Lipinski definition) is 1. The highest BCUT2D eigenvalue weighted by atomic mass is 16.5. The van der Waals surface area contributed by atoms with E-state index in [1.807, 2.05) is 36.4 Å². The Morgan fingerprint density at radius 3 is 2.40 bits per heavy atom. The van der Waals surface area contributed by atoms with E-state index in [4.69, 9.17) is 9.47 Å². The van der Waals surface area contributed by atoms with Crippen LogP contribution in [0.1, 0.15) is 11.1 Å². The van der Waals surface area contributed by atoms with Gasteiger partial charge in [-0.2, -0.15) is 0 Å². The number of allylic oxidation sites excluding steroid dienone is 1. The number of methoxy groups -OCH3 is 1. The first-order chi connectivity index (χ1) is 9.72. The molecule has 0 heterocycles. The molecule has 0 radical (unpaired) electrons. The molecule has 20 heavy (non-hydrogen) atoms. The lowest BCUT2D eigenvalue weighted by molar-refractivity contribution is 0.304. The third-order valence-corrected chi connectivity index (χ3v) is 2.99. The molecule has 0 saturated heterocycles. The molecule has 3 heteroatoms. The first-order valence-corrected chi connectivity index (χ1v) is 6.41. The van der Waals surface area contributed by atoms with Crippen molar-refractivity contribution in [2.45, 2.75) is 13.0 Å². The van der Waals surface area contributed by atoms with Crippen LogP contribution in [0.15, 0.2) is 55.1 Å². The molecule has 0 aliphatic rings. The van der Waals surface area contributed by atoms with E-state index in [2.05, 4.69) is 6.58 Å². The highest BCUT2D eigenvalue weighted by Crippen LogP contribution is 2.25. The van der Waals surface area contributed by atoms with Crippen LogP contribution in [0, 0.1) is 0 Å². The maximum Gasteiger partial charge on any atom is 0.123 e. The van der Waals surface area contributed by atoms with Crippen molar-refractivity contribution in [2.75, 3.05) is 7.11 Å². The van der Waals surface area contributed by atoms with Crippen LogP contribution in [0.5, 0.6) is 17.2 Å². The van der Waals surface area contributed by atoms with Crippen molar-refractivity contribution < 1.29 is 14.6 Å². The summed E-state index contributed by atoms with van der Waals surface area (Å²) in [6.45, 7) is 4.11.